The Bertz CT molecular complexity index is 427. The molecule has 0 bridgehead atoms. The van der Waals surface area contributed by atoms with Gasteiger partial charge in [0.15, 0.2) is 0 Å². The highest BCUT2D eigenvalue weighted by molar-refractivity contribution is 6.35. The van der Waals surface area contributed by atoms with Gasteiger partial charge in [0.2, 0.25) is 5.91 Å². The summed E-state index contributed by atoms with van der Waals surface area (Å²) in [6, 6.07) is 5.10. The van der Waals surface area contributed by atoms with E-state index in [4.69, 9.17) is 23.2 Å². The first kappa shape index (κ1) is 12.8. The lowest BCUT2D eigenvalue weighted by atomic mass is 10.2. The lowest BCUT2D eigenvalue weighted by Crippen LogP contribution is -2.20. The van der Waals surface area contributed by atoms with Crippen molar-refractivity contribution >= 4 is 35.2 Å². The summed E-state index contributed by atoms with van der Waals surface area (Å²) in [4.78, 5) is 11.2. The lowest BCUT2D eigenvalue weighted by Gasteiger charge is -1.99. The fourth-order valence-electron chi connectivity index (χ4n) is 1.03. The molecule has 0 atom stereocenters. The zero-order chi connectivity index (χ0) is 12.0. The number of amides is 1. The minimum absolute atomic E-state index is 0.189. The molecule has 1 N–H and O–H groups in total. The molecular formula is C12H11Cl2NO. The summed E-state index contributed by atoms with van der Waals surface area (Å²) in [7, 11) is 0. The molecule has 0 fully saturated rings. The van der Waals surface area contributed by atoms with Crippen LogP contribution in [0.5, 0.6) is 0 Å². The number of carbonyl (C=O) groups is 1. The summed E-state index contributed by atoms with van der Waals surface area (Å²) in [5, 5.41) is 3.70. The van der Waals surface area contributed by atoms with Crippen LogP contribution in [0.3, 0.4) is 0 Å². The summed E-state index contributed by atoms with van der Waals surface area (Å²) in [6.07, 6.45) is 4.66. The number of benzene rings is 1. The van der Waals surface area contributed by atoms with E-state index >= 15 is 0 Å². The molecule has 4 heteroatoms. The SMILES string of the molecule is C=CCNC(=O)C=Cc1ccc(Cl)cc1Cl. The fourth-order valence-corrected chi connectivity index (χ4v) is 1.51. The normalized spacial score (nSPS) is 10.4. The molecule has 0 saturated carbocycles. The van der Waals surface area contributed by atoms with Gasteiger partial charge in [-0.2, -0.15) is 0 Å². The van der Waals surface area contributed by atoms with Crippen LogP contribution in [-0.2, 0) is 4.79 Å². The van der Waals surface area contributed by atoms with Gasteiger partial charge < -0.3 is 5.32 Å². The van der Waals surface area contributed by atoms with Crippen LogP contribution >= 0.6 is 23.2 Å². The van der Waals surface area contributed by atoms with E-state index in [1.165, 1.54) is 6.08 Å². The molecule has 0 saturated heterocycles. The first-order valence-electron chi connectivity index (χ1n) is 4.65. The molecule has 1 aromatic carbocycles. The van der Waals surface area contributed by atoms with Crippen LogP contribution in [-0.4, -0.2) is 12.5 Å². The highest BCUT2D eigenvalue weighted by Gasteiger charge is 1.98. The Labute approximate surface area is 105 Å². The minimum atomic E-state index is -0.189. The molecule has 0 radical (unpaired) electrons. The van der Waals surface area contributed by atoms with Crippen LogP contribution in [0, 0.1) is 0 Å². The van der Waals surface area contributed by atoms with Crippen molar-refractivity contribution in [3.8, 4) is 0 Å². The van der Waals surface area contributed by atoms with Crippen molar-refractivity contribution in [3.05, 3.63) is 52.5 Å². The molecule has 84 valence electrons. The predicted octanol–water partition coefficient (Wildman–Crippen LogP) is 3.31. The maximum Gasteiger partial charge on any atom is 0.244 e. The summed E-state index contributed by atoms with van der Waals surface area (Å²) in [6.45, 7) is 3.94. The van der Waals surface area contributed by atoms with Crippen molar-refractivity contribution in [2.45, 2.75) is 0 Å². The van der Waals surface area contributed by atoms with Gasteiger partial charge in [-0.25, -0.2) is 0 Å². The maximum absolute atomic E-state index is 11.2. The number of hydrogen-bond acceptors (Lipinski definition) is 1. The Balaban J connectivity index is 2.68. The lowest BCUT2D eigenvalue weighted by molar-refractivity contribution is -0.116. The van der Waals surface area contributed by atoms with Crippen LogP contribution in [0.1, 0.15) is 5.56 Å². The third kappa shape index (κ3) is 4.09. The van der Waals surface area contributed by atoms with Gasteiger partial charge >= 0.3 is 0 Å². The van der Waals surface area contributed by atoms with Gasteiger partial charge in [-0.05, 0) is 23.8 Å². The molecule has 0 spiro atoms. The largest absolute Gasteiger partial charge is 0.349 e. The van der Waals surface area contributed by atoms with E-state index in [-0.39, 0.29) is 5.91 Å². The molecule has 16 heavy (non-hydrogen) atoms. The monoisotopic (exact) mass is 255 g/mol. The molecule has 0 aliphatic carbocycles. The van der Waals surface area contributed by atoms with Crippen LogP contribution in [0.4, 0.5) is 0 Å². The van der Waals surface area contributed by atoms with Gasteiger partial charge in [-0.3, -0.25) is 4.79 Å². The summed E-state index contributed by atoms with van der Waals surface area (Å²) >= 11 is 11.7. The van der Waals surface area contributed by atoms with Crippen LogP contribution < -0.4 is 5.32 Å². The number of nitrogens with one attached hydrogen (secondary N) is 1. The highest BCUT2D eigenvalue weighted by atomic mass is 35.5. The average Bonchev–Trinajstić information content (AvgIpc) is 2.25. The van der Waals surface area contributed by atoms with E-state index in [1.807, 2.05) is 0 Å². The molecule has 0 aromatic heterocycles. The summed E-state index contributed by atoms with van der Waals surface area (Å²) < 4.78 is 0. The molecule has 0 unspecified atom stereocenters. The van der Waals surface area contributed by atoms with Crippen molar-refractivity contribution < 1.29 is 4.79 Å². The van der Waals surface area contributed by atoms with Crippen molar-refractivity contribution in [1.82, 2.24) is 5.32 Å². The Hall–Kier alpha value is -1.25. The Morgan fingerprint density at radius 3 is 2.81 bits per heavy atom. The van der Waals surface area contributed by atoms with Crippen LogP contribution in [0.25, 0.3) is 6.08 Å². The molecule has 2 nitrogen and oxygen atoms in total. The fraction of sp³-hybridized carbons (Fsp3) is 0.0833. The minimum Gasteiger partial charge on any atom is -0.349 e. The number of carbonyl (C=O) groups excluding carboxylic acids is 1. The Kier molecular flexibility index (Phi) is 5.09. The molecule has 0 aliphatic heterocycles. The first-order valence-corrected chi connectivity index (χ1v) is 5.41. The van der Waals surface area contributed by atoms with Crippen molar-refractivity contribution in [2.24, 2.45) is 0 Å². The second-order valence-corrected chi connectivity index (χ2v) is 3.88. The van der Waals surface area contributed by atoms with E-state index in [2.05, 4.69) is 11.9 Å². The van der Waals surface area contributed by atoms with Gasteiger partial charge in [-0.15, -0.1) is 6.58 Å². The third-order valence-corrected chi connectivity index (χ3v) is 2.36. The summed E-state index contributed by atoms with van der Waals surface area (Å²) in [5.74, 6) is -0.189. The smallest absolute Gasteiger partial charge is 0.244 e. The molecule has 0 heterocycles. The van der Waals surface area contributed by atoms with Gasteiger partial charge in [0.1, 0.15) is 0 Å². The zero-order valence-electron chi connectivity index (χ0n) is 8.54. The van der Waals surface area contributed by atoms with E-state index in [1.54, 1.807) is 30.4 Å². The second kappa shape index (κ2) is 6.36. The molecule has 1 amide bonds. The standard InChI is InChI=1S/C12H11Cl2NO/c1-2-7-15-12(16)6-4-9-3-5-10(13)8-11(9)14/h2-6,8H,1,7H2,(H,15,16). The van der Waals surface area contributed by atoms with Crippen molar-refractivity contribution in [1.29, 1.82) is 0 Å². The second-order valence-electron chi connectivity index (χ2n) is 3.03. The average molecular weight is 256 g/mol. The Morgan fingerprint density at radius 2 is 2.19 bits per heavy atom. The third-order valence-electron chi connectivity index (χ3n) is 1.80. The van der Waals surface area contributed by atoms with Crippen molar-refractivity contribution in [3.63, 3.8) is 0 Å². The first-order chi connectivity index (χ1) is 7.63. The van der Waals surface area contributed by atoms with E-state index in [9.17, 15) is 4.79 Å². The molecule has 1 rings (SSSR count). The van der Waals surface area contributed by atoms with Gasteiger partial charge in [-0.1, -0.05) is 35.3 Å². The number of halogens is 2. The van der Waals surface area contributed by atoms with Gasteiger partial charge in [0.25, 0.3) is 0 Å². The predicted molar refractivity (Wildman–Crippen MR) is 68.7 cm³/mol. The van der Waals surface area contributed by atoms with E-state index in [0.717, 1.165) is 5.56 Å². The number of hydrogen-bond donors (Lipinski definition) is 1. The summed E-state index contributed by atoms with van der Waals surface area (Å²) in [5.41, 5.74) is 0.750. The van der Waals surface area contributed by atoms with Gasteiger partial charge in [0, 0.05) is 22.7 Å². The topological polar surface area (TPSA) is 29.1 Å². The highest BCUT2D eigenvalue weighted by Crippen LogP contribution is 2.21. The Morgan fingerprint density at radius 1 is 1.44 bits per heavy atom. The quantitative estimate of drug-likeness (QED) is 0.649. The van der Waals surface area contributed by atoms with E-state index in [0.29, 0.717) is 16.6 Å². The van der Waals surface area contributed by atoms with Crippen molar-refractivity contribution in [2.75, 3.05) is 6.54 Å². The molecule has 0 aliphatic rings. The van der Waals surface area contributed by atoms with Crippen LogP contribution in [0.2, 0.25) is 10.0 Å². The molecule has 1 aromatic rings. The number of rotatable bonds is 4. The zero-order valence-corrected chi connectivity index (χ0v) is 10.1. The molecular weight excluding hydrogens is 245 g/mol. The van der Waals surface area contributed by atoms with E-state index < -0.39 is 0 Å². The van der Waals surface area contributed by atoms with Gasteiger partial charge in [0.05, 0.1) is 0 Å². The van der Waals surface area contributed by atoms with Crippen LogP contribution in [0.15, 0.2) is 36.9 Å². The maximum atomic E-state index is 11.2.